The van der Waals surface area contributed by atoms with Gasteiger partial charge in [0.2, 0.25) is 0 Å². The number of aromatic nitrogens is 2. The summed E-state index contributed by atoms with van der Waals surface area (Å²) in [5.41, 5.74) is 1.52. The molecule has 0 unspecified atom stereocenters. The smallest absolute Gasteiger partial charge is 0.146 e. The van der Waals surface area contributed by atoms with Crippen molar-refractivity contribution in [1.29, 1.82) is 0 Å². The monoisotopic (exact) mass is 416 g/mol. The fourth-order valence-corrected chi connectivity index (χ4v) is 6.37. The Balaban J connectivity index is 1.57. The summed E-state index contributed by atoms with van der Waals surface area (Å²) >= 11 is 1.91. The number of nitrogens with zero attached hydrogens (tertiary/aromatic N) is 4. The highest BCUT2D eigenvalue weighted by Gasteiger charge is 2.30. The second kappa shape index (κ2) is 8.10. The fraction of sp³-hybridized carbons (Fsp3) is 0.727. The molecule has 3 aliphatic rings. The summed E-state index contributed by atoms with van der Waals surface area (Å²) in [6, 6.07) is 0. The molecule has 0 saturated carbocycles. The minimum Gasteiger partial charge on any atom is -0.379 e. The summed E-state index contributed by atoms with van der Waals surface area (Å²) in [5.74, 6) is 2.86. The lowest BCUT2D eigenvalue weighted by atomic mass is 9.89. The third-order valence-electron chi connectivity index (χ3n) is 6.37. The minimum atomic E-state index is 0.223. The SMILES string of the molecule is C[C@@H]1CCc2c(sc3nc(CN4CCOCC4)nc(N4C[C@@H](C)O[C@H](C)C4)c23)C1. The summed E-state index contributed by atoms with van der Waals surface area (Å²) < 4.78 is 11.5. The van der Waals surface area contributed by atoms with Gasteiger partial charge in [-0.1, -0.05) is 6.92 Å². The molecule has 29 heavy (non-hydrogen) atoms. The number of fused-ring (bicyclic) bond motifs is 3. The molecule has 0 spiro atoms. The van der Waals surface area contributed by atoms with Gasteiger partial charge in [0.15, 0.2) is 0 Å². The maximum absolute atomic E-state index is 6.01. The van der Waals surface area contributed by atoms with E-state index in [0.29, 0.717) is 0 Å². The van der Waals surface area contributed by atoms with Crippen LogP contribution in [0, 0.1) is 5.92 Å². The van der Waals surface area contributed by atoms with Gasteiger partial charge in [0.05, 0.1) is 37.4 Å². The van der Waals surface area contributed by atoms with Crippen molar-refractivity contribution >= 4 is 27.4 Å². The molecule has 2 aromatic heterocycles. The first-order valence-electron chi connectivity index (χ1n) is 11.1. The number of rotatable bonds is 3. The highest BCUT2D eigenvalue weighted by Crippen LogP contribution is 2.41. The molecule has 7 heteroatoms. The first-order chi connectivity index (χ1) is 14.1. The van der Waals surface area contributed by atoms with E-state index in [0.717, 1.165) is 69.9 Å². The molecule has 0 amide bonds. The third kappa shape index (κ3) is 4.02. The summed E-state index contributed by atoms with van der Waals surface area (Å²) in [6.45, 7) is 12.8. The lowest BCUT2D eigenvalue weighted by Crippen LogP contribution is -2.46. The molecule has 3 atom stereocenters. The van der Waals surface area contributed by atoms with E-state index in [2.05, 4.69) is 30.6 Å². The first-order valence-corrected chi connectivity index (χ1v) is 11.9. The largest absolute Gasteiger partial charge is 0.379 e. The van der Waals surface area contributed by atoms with Crippen molar-refractivity contribution in [3.8, 4) is 0 Å². The highest BCUT2D eigenvalue weighted by atomic mass is 32.1. The van der Waals surface area contributed by atoms with Crippen molar-refractivity contribution in [2.75, 3.05) is 44.3 Å². The van der Waals surface area contributed by atoms with Gasteiger partial charge in [-0.05, 0) is 44.6 Å². The standard InChI is InChI=1S/C22H32N4O2S/c1-14-4-5-17-18(10-14)29-22-20(17)21(26-11-15(2)28-16(3)12-26)23-19(24-22)13-25-6-8-27-9-7-25/h14-16H,4-13H2,1-3H3/t14-,15-,16-/m1/s1. The van der Waals surface area contributed by atoms with Crippen LogP contribution in [0.4, 0.5) is 5.82 Å². The van der Waals surface area contributed by atoms with Crippen LogP contribution in [-0.2, 0) is 28.9 Å². The zero-order valence-corrected chi connectivity index (χ0v) is 18.6. The van der Waals surface area contributed by atoms with E-state index >= 15 is 0 Å². The van der Waals surface area contributed by atoms with Crippen LogP contribution >= 0.6 is 11.3 Å². The van der Waals surface area contributed by atoms with Crippen molar-refractivity contribution in [1.82, 2.24) is 14.9 Å². The number of thiophene rings is 1. The Morgan fingerprint density at radius 2 is 1.83 bits per heavy atom. The van der Waals surface area contributed by atoms with Gasteiger partial charge in [-0.2, -0.15) is 0 Å². The highest BCUT2D eigenvalue weighted by molar-refractivity contribution is 7.19. The Morgan fingerprint density at radius 3 is 2.59 bits per heavy atom. The van der Waals surface area contributed by atoms with Crippen LogP contribution in [0.3, 0.4) is 0 Å². The lowest BCUT2D eigenvalue weighted by molar-refractivity contribution is -0.00541. The van der Waals surface area contributed by atoms with Gasteiger partial charge < -0.3 is 14.4 Å². The minimum absolute atomic E-state index is 0.223. The molecular weight excluding hydrogens is 384 g/mol. The molecular formula is C22H32N4O2S. The molecule has 0 aromatic carbocycles. The van der Waals surface area contributed by atoms with Crippen molar-refractivity contribution in [2.45, 2.75) is 58.8 Å². The summed E-state index contributed by atoms with van der Waals surface area (Å²) in [4.78, 5) is 17.8. The molecule has 2 saturated heterocycles. The molecule has 6 nitrogen and oxygen atoms in total. The van der Waals surface area contributed by atoms with E-state index in [4.69, 9.17) is 19.4 Å². The van der Waals surface area contributed by atoms with Gasteiger partial charge in [-0.3, -0.25) is 4.90 Å². The van der Waals surface area contributed by atoms with Gasteiger partial charge in [0, 0.05) is 31.1 Å². The topological polar surface area (TPSA) is 50.7 Å². The van der Waals surface area contributed by atoms with E-state index < -0.39 is 0 Å². The van der Waals surface area contributed by atoms with Crippen molar-refractivity contribution in [3.63, 3.8) is 0 Å². The van der Waals surface area contributed by atoms with Crippen LogP contribution in [0.1, 0.15) is 43.5 Å². The van der Waals surface area contributed by atoms with Gasteiger partial charge in [0.1, 0.15) is 16.5 Å². The van der Waals surface area contributed by atoms with E-state index in [-0.39, 0.29) is 12.2 Å². The molecule has 4 heterocycles. The Bertz CT molecular complexity index is 869. The maximum Gasteiger partial charge on any atom is 0.146 e. The second-order valence-electron chi connectivity index (χ2n) is 9.05. The average Bonchev–Trinajstić information content (AvgIpc) is 3.04. The average molecular weight is 417 g/mol. The summed E-state index contributed by atoms with van der Waals surface area (Å²) in [5, 5.41) is 1.32. The number of anilines is 1. The normalized spacial score (nSPS) is 28.7. The van der Waals surface area contributed by atoms with Gasteiger partial charge >= 0.3 is 0 Å². The zero-order chi connectivity index (χ0) is 20.0. The predicted molar refractivity (Wildman–Crippen MR) is 117 cm³/mol. The number of ether oxygens (including phenoxy) is 2. The van der Waals surface area contributed by atoms with Crippen LogP contribution in [-0.4, -0.2) is 66.5 Å². The first kappa shape index (κ1) is 19.7. The van der Waals surface area contributed by atoms with Crippen LogP contribution in [0.5, 0.6) is 0 Å². The van der Waals surface area contributed by atoms with E-state index in [1.807, 2.05) is 11.3 Å². The second-order valence-corrected chi connectivity index (χ2v) is 10.1. The van der Waals surface area contributed by atoms with Crippen molar-refractivity contribution in [2.24, 2.45) is 5.92 Å². The summed E-state index contributed by atoms with van der Waals surface area (Å²) in [7, 11) is 0. The molecule has 2 aromatic rings. The molecule has 0 N–H and O–H groups in total. The van der Waals surface area contributed by atoms with Crippen LogP contribution in [0.15, 0.2) is 0 Å². The lowest BCUT2D eigenvalue weighted by Gasteiger charge is -2.36. The van der Waals surface area contributed by atoms with Gasteiger partial charge in [0.25, 0.3) is 0 Å². The van der Waals surface area contributed by atoms with Crippen molar-refractivity contribution in [3.05, 3.63) is 16.3 Å². The molecule has 158 valence electrons. The zero-order valence-electron chi connectivity index (χ0n) is 17.8. The molecule has 0 radical (unpaired) electrons. The van der Waals surface area contributed by atoms with E-state index in [1.54, 1.807) is 0 Å². The molecule has 5 rings (SSSR count). The van der Waals surface area contributed by atoms with Crippen LogP contribution in [0.2, 0.25) is 0 Å². The van der Waals surface area contributed by atoms with Gasteiger partial charge in [-0.15, -0.1) is 11.3 Å². The van der Waals surface area contributed by atoms with E-state index in [1.165, 1.54) is 33.5 Å². The van der Waals surface area contributed by atoms with Crippen molar-refractivity contribution < 1.29 is 9.47 Å². The van der Waals surface area contributed by atoms with Crippen LogP contribution < -0.4 is 4.90 Å². The Kier molecular flexibility index (Phi) is 5.49. The molecule has 1 aliphatic carbocycles. The Hall–Kier alpha value is -1.28. The number of hydrogen-bond acceptors (Lipinski definition) is 7. The fourth-order valence-electron chi connectivity index (χ4n) is 4.98. The number of hydrogen-bond donors (Lipinski definition) is 0. The molecule has 2 fully saturated rings. The Labute approximate surface area is 177 Å². The summed E-state index contributed by atoms with van der Waals surface area (Å²) in [6.07, 6.45) is 4.06. The maximum atomic E-state index is 6.01. The molecule has 0 bridgehead atoms. The number of morpholine rings is 2. The predicted octanol–water partition coefficient (Wildman–Crippen LogP) is 3.26. The quantitative estimate of drug-likeness (QED) is 0.766. The van der Waals surface area contributed by atoms with E-state index in [9.17, 15) is 0 Å². The molecule has 2 aliphatic heterocycles. The van der Waals surface area contributed by atoms with Gasteiger partial charge in [-0.25, -0.2) is 9.97 Å². The Morgan fingerprint density at radius 1 is 1.07 bits per heavy atom. The number of aryl methyl sites for hydroxylation is 1. The third-order valence-corrected chi connectivity index (χ3v) is 7.52. The van der Waals surface area contributed by atoms with Crippen LogP contribution in [0.25, 0.3) is 10.2 Å².